The first-order valence-electron chi connectivity index (χ1n) is 7.87. The van der Waals surface area contributed by atoms with E-state index in [-0.39, 0.29) is 0 Å². The van der Waals surface area contributed by atoms with Crippen molar-refractivity contribution in [1.82, 2.24) is 4.57 Å². The minimum absolute atomic E-state index is 0.727. The van der Waals surface area contributed by atoms with Gasteiger partial charge in [-0.25, -0.2) is 0 Å². The summed E-state index contributed by atoms with van der Waals surface area (Å²) in [6.07, 6.45) is 1.83. The Balaban J connectivity index is 1.73. The van der Waals surface area contributed by atoms with Gasteiger partial charge in [0.15, 0.2) is 0 Å². The highest BCUT2D eigenvalue weighted by Gasteiger charge is 2.09. The predicted molar refractivity (Wildman–Crippen MR) is 95.0 cm³/mol. The lowest BCUT2D eigenvalue weighted by molar-refractivity contribution is 0.112. The molecule has 0 aliphatic carbocycles. The quantitative estimate of drug-likeness (QED) is 0.494. The third-order valence-electron chi connectivity index (χ3n) is 4.42. The molecule has 0 N–H and O–H groups in total. The van der Waals surface area contributed by atoms with Crippen molar-refractivity contribution < 1.29 is 4.79 Å². The van der Waals surface area contributed by atoms with Crippen LogP contribution in [0, 0.1) is 0 Å². The number of fused-ring (bicyclic) bond motifs is 3. The minimum atomic E-state index is 0.727. The van der Waals surface area contributed by atoms with Gasteiger partial charge in [0.1, 0.15) is 6.29 Å². The monoisotopic (exact) mass is 299 g/mol. The first kappa shape index (κ1) is 13.8. The summed E-state index contributed by atoms with van der Waals surface area (Å²) in [7, 11) is 0. The highest BCUT2D eigenvalue weighted by molar-refractivity contribution is 6.07. The molecule has 2 heteroatoms. The Morgan fingerprint density at radius 2 is 1.30 bits per heavy atom. The number of hydrogen-bond donors (Lipinski definition) is 0. The maximum absolute atomic E-state index is 10.8. The summed E-state index contributed by atoms with van der Waals surface area (Å²) < 4.78 is 2.39. The molecule has 2 nitrogen and oxygen atoms in total. The Hall–Kier alpha value is -2.87. The summed E-state index contributed by atoms with van der Waals surface area (Å²) >= 11 is 0. The summed E-state index contributed by atoms with van der Waals surface area (Å²) in [6.45, 7) is 0.925. The Labute approximate surface area is 135 Å². The summed E-state index contributed by atoms with van der Waals surface area (Å²) in [4.78, 5) is 10.8. The molecular weight excluding hydrogens is 282 g/mol. The van der Waals surface area contributed by atoms with Gasteiger partial charge in [0, 0.05) is 33.9 Å². The first-order chi connectivity index (χ1) is 11.4. The maximum Gasteiger partial charge on any atom is 0.150 e. The molecule has 1 aromatic heterocycles. The number of hydrogen-bond acceptors (Lipinski definition) is 1. The molecule has 3 aromatic carbocycles. The number of benzene rings is 3. The van der Waals surface area contributed by atoms with Crippen LogP contribution in [0.2, 0.25) is 0 Å². The van der Waals surface area contributed by atoms with Crippen LogP contribution in [0.3, 0.4) is 0 Å². The van der Waals surface area contributed by atoms with E-state index in [1.54, 1.807) is 0 Å². The largest absolute Gasteiger partial charge is 0.340 e. The molecule has 4 aromatic rings. The van der Waals surface area contributed by atoms with Crippen LogP contribution in [0.25, 0.3) is 21.8 Å². The maximum atomic E-state index is 10.8. The lowest BCUT2D eigenvalue weighted by Crippen LogP contribution is -2.01. The fourth-order valence-electron chi connectivity index (χ4n) is 3.25. The number of carbonyl (C=O) groups is 1. The molecule has 0 saturated heterocycles. The summed E-state index contributed by atoms with van der Waals surface area (Å²) in [6, 6.07) is 25.0. The number of rotatable bonds is 4. The molecule has 0 bridgehead atoms. The van der Waals surface area contributed by atoms with Crippen LogP contribution in [0.5, 0.6) is 0 Å². The number of aromatic nitrogens is 1. The summed E-state index contributed by atoms with van der Waals surface area (Å²) in [5, 5.41) is 2.61. The van der Waals surface area contributed by atoms with E-state index in [1.165, 1.54) is 27.4 Å². The van der Waals surface area contributed by atoms with E-state index in [1.807, 2.05) is 24.3 Å². The molecule has 0 radical (unpaired) electrons. The molecule has 0 atom stereocenters. The van der Waals surface area contributed by atoms with Crippen LogP contribution in [0.15, 0.2) is 72.8 Å². The molecule has 0 spiro atoms. The van der Waals surface area contributed by atoms with Crippen LogP contribution in [-0.2, 0) is 13.0 Å². The summed E-state index contributed by atoms with van der Waals surface area (Å²) in [5.74, 6) is 0. The van der Waals surface area contributed by atoms with Crippen LogP contribution >= 0.6 is 0 Å². The zero-order chi connectivity index (χ0) is 15.6. The average molecular weight is 299 g/mol. The van der Waals surface area contributed by atoms with Gasteiger partial charge in [-0.15, -0.1) is 0 Å². The highest BCUT2D eigenvalue weighted by atomic mass is 16.1. The van der Waals surface area contributed by atoms with Gasteiger partial charge >= 0.3 is 0 Å². The summed E-state index contributed by atoms with van der Waals surface area (Å²) in [5.41, 5.74) is 4.53. The van der Waals surface area contributed by atoms with Crippen LogP contribution in [0.1, 0.15) is 15.9 Å². The Morgan fingerprint density at radius 3 is 1.87 bits per heavy atom. The Kier molecular flexibility index (Phi) is 3.43. The fourth-order valence-corrected chi connectivity index (χ4v) is 3.25. The smallest absolute Gasteiger partial charge is 0.150 e. The molecule has 1 heterocycles. The normalized spacial score (nSPS) is 11.1. The van der Waals surface area contributed by atoms with Gasteiger partial charge in [0.2, 0.25) is 0 Å². The van der Waals surface area contributed by atoms with Crippen molar-refractivity contribution in [2.75, 3.05) is 0 Å². The van der Waals surface area contributed by atoms with Crippen LogP contribution in [0.4, 0.5) is 0 Å². The molecule has 0 saturated carbocycles. The van der Waals surface area contributed by atoms with Gasteiger partial charge in [0.05, 0.1) is 0 Å². The van der Waals surface area contributed by atoms with Gasteiger partial charge in [0.25, 0.3) is 0 Å². The average Bonchev–Trinajstić information content (AvgIpc) is 2.94. The van der Waals surface area contributed by atoms with E-state index >= 15 is 0 Å². The zero-order valence-corrected chi connectivity index (χ0v) is 12.8. The van der Waals surface area contributed by atoms with E-state index in [0.29, 0.717) is 0 Å². The van der Waals surface area contributed by atoms with E-state index in [2.05, 4.69) is 53.1 Å². The van der Waals surface area contributed by atoms with Gasteiger partial charge in [-0.3, -0.25) is 4.79 Å². The third kappa shape index (κ3) is 2.42. The standard InChI is InChI=1S/C21H17NO/c23-15-17-11-9-16(10-12-17)13-14-22-20-7-3-1-5-18(20)19-6-2-4-8-21(19)22/h1-12,15H,13-14H2. The first-order valence-corrected chi connectivity index (χ1v) is 7.87. The van der Waals surface area contributed by atoms with E-state index in [9.17, 15) is 4.79 Å². The van der Waals surface area contributed by atoms with Crippen molar-refractivity contribution in [2.24, 2.45) is 0 Å². The molecule has 0 unspecified atom stereocenters. The molecule has 0 aliphatic heterocycles. The van der Waals surface area contributed by atoms with Crippen LogP contribution in [-0.4, -0.2) is 10.9 Å². The van der Waals surface area contributed by atoms with E-state index in [0.717, 1.165) is 24.8 Å². The molecule has 0 fully saturated rings. The molecule has 4 rings (SSSR count). The zero-order valence-electron chi connectivity index (χ0n) is 12.8. The molecular formula is C21H17NO. The van der Waals surface area contributed by atoms with Gasteiger partial charge in [-0.05, 0) is 24.1 Å². The van der Waals surface area contributed by atoms with Crippen molar-refractivity contribution in [1.29, 1.82) is 0 Å². The van der Waals surface area contributed by atoms with Crippen molar-refractivity contribution in [3.05, 3.63) is 83.9 Å². The topological polar surface area (TPSA) is 22.0 Å². The second-order valence-electron chi connectivity index (χ2n) is 5.80. The number of aryl methyl sites for hydroxylation is 2. The SMILES string of the molecule is O=Cc1ccc(CCn2c3ccccc3c3ccccc32)cc1. The van der Waals surface area contributed by atoms with Crippen molar-refractivity contribution in [2.45, 2.75) is 13.0 Å². The van der Waals surface area contributed by atoms with Crippen molar-refractivity contribution >= 4 is 28.1 Å². The lowest BCUT2D eigenvalue weighted by Gasteiger charge is -2.08. The Morgan fingerprint density at radius 1 is 0.739 bits per heavy atom. The number of nitrogens with zero attached hydrogens (tertiary/aromatic N) is 1. The highest BCUT2D eigenvalue weighted by Crippen LogP contribution is 2.28. The second-order valence-corrected chi connectivity index (χ2v) is 5.80. The molecule has 0 aliphatic rings. The third-order valence-corrected chi connectivity index (χ3v) is 4.42. The fraction of sp³-hybridized carbons (Fsp3) is 0.0952. The van der Waals surface area contributed by atoms with Gasteiger partial charge < -0.3 is 4.57 Å². The van der Waals surface area contributed by atoms with E-state index in [4.69, 9.17) is 0 Å². The molecule has 23 heavy (non-hydrogen) atoms. The second kappa shape index (κ2) is 5.73. The van der Waals surface area contributed by atoms with Crippen molar-refractivity contribution in [3.63, 3.8) is 0 Å². The van der Waals surface area contributed by atoms with E-state index < -0.39 is 0 Å². The van der Waals surface area contributed by atoms with Crippen LogP contribution < -0.4 is 0 Å². The predicted octanol–water partition coefficient (Wildman–Crippen LogP) is 4.85. The van der Waals surface area contributed by atoms with Gasteiger partial charge in [-0.1, -0.05) is 60.7 Å². The number of carbonyl (C=O) groups excluding carboxylic acids is 1. The Bertz CT molecular complexity index is 927. The lowest BCUT2D eigenvalue weighted by atomic mass is 10.1. The molecule has 0 amide bonds. The van der Waals surface area contributed by atoms with Crippen molar-refractivity contribution in [3.8, 4) is 0 Å². The van der Waals surface area contributed by atoms with Gasteiger partial charge in [-0.2, -0.15) is 0 Å². The minimum Gasteiger partial charge on any atom is -0.340 e. The molecule has 112 valence electrons. The number of para-hydroxylation sites is 2. The number of aldehydes is 1.